The summed E-state index contributed by atoms with van der Waals surface area (Å²) in [6.07, 6.45) is 1.23. The quantitative estimate of drug-likeness (QED) is 0.575. The molecule has 0 aromatic carbocycles. The lowest BCUT2D eigenvalue weighted by Gasteiger charge is -1.95. The van der Waals surface area contributed by atoms with Crippen molar-refractivity contribution in [1.29, 1.82) is 5.26 Å². The highest BCUT2D eigenvalue weighted by molar-refractivity contribution is 5.29. The zero-order valence-electron chi connectivity index (χ0n) is 5.88. The first-order valence-corrected chi connectivity index (χ1v) is 2.95. The number of aromatic amines is 1. The molecule has 0 bridgehead atoms. The number of hydrogen-bond donors (Lipinski definition) is 2. The van der Waals surface area contributed by atoms with Crippen LogP contribution in [0.4, 0.5) is 5.95 Å². The van der Waals surface area contributed by atoms with Gasteiger partial charge in [-0.2, -0.15) is 5.26 Å². The maximum Gasteiger partial charge on any atom is 0.270 e. The number of hydrogen-bond acceptors (Lipinski definition) is 4. The van der Waals surface area contributed by atoms with Gasteiger partial charge in [0.1, 0.15) is 11.6 Å². The van der Waals surface area contributed by atoms with Gasteiger partial charge in [0.2, 0.25) is 5.95 Å². The molecule has 2 N–H and O–H groups in total. The van der Waals surface area contributed by atoms with Crippen LogP contribution in [0.1, 0.15) is 5.56 Å². The summed E-state index contributed by atoms with van der Waals surface area (Å²) < 4.78 is 0. The summed E-state index contributed by atoms with van der Waals surface area (Å²) >= 11 is 0. The molecule has 0 saturated heterocycles. The first kappa shape index (κ1) is 7.28. The fraction of sp³-hybridized carbons (Fsp3) is 0.167. The summed E-state index contributed by atoms with van der Waals surface area (Å²) in [6.45, 7) is 0. The first-order valence-electron chi connectivity index (χ1n) is 2.95. The van der Waals surface area contributed by atoms with E-state index in [0.29, 0.717) is 5.95 Å². The molecule has 0 unspecified atom stereocenters. The second-order valence-corrected chi connectivity index (χ2v) is 1.84. The Hall–Kier alpha value is -1.83. The van der Waals surface area contributed by atoms with Crippen molar-refractivity contribution in [2.24, 2.45) is 0 Å². The second-order valence-electron chi connectivity index (χ2n) is 1.84. The van der Waals surface area contributed by atoms with Crippen molar-refractivity contribution in [3.05, 3.63) is 22.1 Å². The van der Waals surface area contributed by atoms with Gasteiger partial charge in [0.25, 0.3) is 5.56 Å². The second kappa shape index (κ2) is 2.84. The van der Waals surface area contributed by atoms with Crippen LogP contribution < -0.4 is 10.9 Å². The molecule has 0 radical (unpaired) electrons. The number of anilines is 1. The topological polar surface area (TPSA) is 81.6 Å². The lowest BCUT2D eigenvalue weighted by atomic mass is 10.4. The van der Waals surface area contributed by atoms with Crippen molar-refractivity contribution in [3.8, 4) is 6.07 Å². The minimum atomic E-state index is -0.424. The molecule has 0 saturated carbocycles. The van der Waals surface area contributed by atoms with Crippen LogP contribution in [0.25, 0.3) is 0 Å². The van der Waals surface area contributed by atoms with Crippen LogP contribution in [0.2, 0.25) is 0 Å². The first-order chi connectivity index (χ1) is 5.27. The summed E-state index contributed by atoms with van der Waals surface area (Å²) in [5, 5.41) is 11.0. The van der Waals surface area contributed by atoms with E-state index in [2.05, 4.69) is 15.3 Å². The molecular weight excluding hydrogens is 144 g/mol. The Labute approximate surface area is 62.7 Å². The normalized spacial score (nSPS) is 8.73. The Morgan fingerprint density at radius 1 is 1.82 bits per heavy atom. The summed E-state index contributed by atoms with van der Waals surface area (Å²) in [4.78, 5) is 17.0. The van der Waals surface area contributed by atoms with E-state index >= 15 is 0 Å². The Balaban J connectivity index is 3.23. The van der Waals surface area contributed by atoms with Gasteiger partial charge in [-0.3, -0.25) is 9.78 Å². The molecule has 1 heterocycles. The molecule has 0 aliphatic carbocycles. The van der Waals surface area contributed by atoms with Gasteiger partial charge in [-0.1, -0.05) is 0 Å². The highest BCUT2D eigenvalue weighted by Gasteiger charge is 1.97. The van der Waals surface area contributed by atoms with Gasteiger partial charge in [0, 0.05) is 7.05 Å². The average molecular weight is 150 g/mol. The van der Waals surface area contributed by atoms with Crippen molar-refractivity contribution in [3.63, 3.8) is 0 Å². The molecule has 11 heavy (non-hydrogen) atoms. The predicted octanol–water partition coefficient (Wildman–Crippen LogP) is -0.317. The van der Waals surface area contributed by atoms with E-state index in [0.717, 1.165) is 0 Å². The third-order valence-electron chi connectivity index (χ3n) is 1.16. The molecule has 0 amide bonds. The monoisotopic (exact) mass is 150 g/mol. The van der Waals surface area contributed by atoms with E-state index in [4.69, 9.17) is 5.26 Å². The summed E-state index contributed by atoms with van der Waals surface area (Å²) in [6, 6.07) is 1.71. The van der Waals surface area contributed by atoms with Crippen LogP contribution in [0.15, 0.2) is 11.0 Å². The van der Waals surface area contributed by atoms with Crippen LogP contribution in [0.5, 0.6) is 0 Å². The van der Waals surface area contributed by atoms with Crippen LogP contribution in [-0.2, 0) is 0 Å². The lowest BCUT2D eigenvalue weighted by Crippen LogP contribution is -2.13. The van der Waals surface area contributed by atoms with Gasteiger partial charge >= 0.3 is 0 Å². The molecule has 0 atom stereocenters. The Morgan fingerprint density at radius 3 is 3.00 bits per heavy atom. The van der Waals surface area contributed by atoms with Gasteiger partial charge in [-0.25, -0.2) is 4.98 Å². The van der Waals surface area contributed by atoms with E-state index in [9.17, 15) is 4.79 Å². The largest absolute Gasteiger partial charge is 0.359 e. The van der Waals surface area contributed by atoms with E-state index < -0.39 is 5.56 Å². The maximum atomic E-state index is 10.9. The summed E-state index contributed by atoms with van der Waals surface area (Å²) in [5.41, 5.74) is -0.407. The number of nitrogens with zero attached hydrogens (tertiary/aromatic N) is 2. The maximum absolute atomic E-state index is 10.9. The van der Waals surface area contributed by atoms with Crippen molar-refractivity contribution in [2.45, 2.75) is 0 Å². The van der Waals surface area contributed by atoms with Crippen molar-refractivity contribution in [2.75, 3.05) is 12.4 Å². The van der Waals surface area contributed by atoms with Gasteiger partial charge in [0.15, 0.2) is 0 Å². The smallest absolute Gasteiger partial charge is 0.270 e. The highest BCUT2D eigenvalue weighted by Crippen LogP contribution is 1.90. The third-order valence-corrected chi connectivity index (χ3v) is 1.16. The highest BCUT2D eigenvalue weighted by atomic mass is 16.1. The van der Waals surface area contributed by atoms with Crippen molar-refractivity contribution < 1.29 is 0 Å². The fourth-order valence-corrected chi connectivity index (χ4v) is 0.602. The lowest BCUT2D eigenvalue weighted by molar-refractivity contribution is 1.09. The zero-order chi connectivity index (χ0) is 8.27. The van der Waals surface area contributed by atoms with Crippen molar-refractivity contribution in [1.82, 2.24) is 9.97 Å². The van der Waals surface area contributed by atoms with E-state index in [-0.39, 0.29) is 5.56 Å². The number of H-pyrrole nitrogens is 1. The third kappa shape index (κ3) is 1.35. The van der Waals surface area contributed by atoms with E-state index in [1.54, 1.807) is 13.1 Å². The minimum Gasteiger partial charge on any atom is -0.359 e. The van der Waals surface area contributed by atoms with Crippen LogP contribution in [0.3, 0.4) is 0 Å². The van der Waals surface area contributed by atoms with Gasteiger partial charge < -0.3 is 5.32 Å². The Kier molecular flexibility index (Phi) is 1.88. The van der Waals surface area contributed by atoms with Crippen LogP contribution >= 0.6 is 0 Å². The van der Waals surface area contributed by atoms with Gasteiger partial charge in [-0.05, 0) is 0 Å². The predicted molar refractivity (Wildman–Crippen MR) is 39.1 cm³/mol. The summed E-state index contributed by atoms with van der Waals surface area (Å²) in [7, 11) is 1.63. The molecule has 1 rings (SSSR count). The molecule has 0 fully saturated rings. The molecule has 56 valence electrons. The number of nitriles is 1. The molecular formula is C6H6N4O. The SMILES string of the molecule is CNc1ncc(C#N)c(=O)[nH]1. The molecule has 1 aromatic rings. The number of nitrogens with one attached hydrogen (secondary N) is 2. The van der Waals surface area contributed by atoms with Crippen molar-refractivity contribution >= 4 is 5.95 Å². The molecule has 1 aromatic heterocycles. The van der Waals surface area contributed by atoms with Gasteiger partial charge in [0.05, 0.1) is 6.20 Å². The molecule has 0 spiro atoms. The van der Waals surface area contributed by atoms with E-state index in [1.165, 1.54) is 6.20 Å². The Bertz CT molecular complexity index is 348. The zero-order valence-corrected chi connectivity index (χ0v) is 5.88. The standard InChI is InChI=1S/C6H6N4O/c1-8-6-9-3-4(2-7)5(11)10-6/h3H,1H3,(H2,8,9,10,11). The molecule has 0 aliphatic heterocycles. The number of aromatic nitrogens is 2. The fourth-order valence-electron chi connectivity index (χ4n) is 0.602. The summed E-state index contributed by atoms with van der Waals surface area (Å²) in [5.74, 6) is 0.356. The van der Waals surface area contributed by atoms with Gasteiger partial charge in [-0.15, -0.1) is 0 Å². The minimum absolute atomic E-state index is 0.0176. The van der Waals surface area contributed by atoms with Crippen LogP contribution in [-0.4, -0.2) is 17.0 Å². The average Bonchev–Trinajstić information content (AvgIpc) is 2.04. The molecule has 5 heteroatoms. The van der Waals surface area contributed by atoms with E-state index in [1.807, 2.05) is 0 Å². The molecule has 5 nitrogen and oxygen atoms in total. The number of rotatable bonds is 1. The molecule has 0 aliphatic rings. The Morgan fingerprint density at radius 2 is 2.55 bits per heavy atom. The van der Waals surface area contributed by atoms with Crippen LogP contribution in [0, 0.1) is 11.3 Å².